The molecule has 0 amide bonds. The van der Waals surface area contributed by atoms with Gasteiger partial charge < -0.3 is 9.30 Å². The molecule has 0 N–H and O–H groups in total. The molecule has 0 aliphatic heterocycles. The smallest absolute Gasteiger partial charge is 0.119 e. The highest BCUT2D eigenvalue weighted by Crippen LogP contribution is 2.25. The first-order valence-electron chi connectivity index (χ1n) is 6.67. The van der Waals surface area contributed by atoms with Gasteiger partial charge in [-0.1, -0.05) is 22.0 Å². The summed E-state index contributed by atoms with van der Waals surface area (Å²) in [5, 5.41) is 1.23. The minimum absolute atomic E-state index is 0.198. The Morgan fingerprint density at radius 3 is 2.45 bits per heavy atom. The highest BCUT2D eigenvalue weighted by molar-refractivity contribution is 9.10. The van der Waals surface area contributed by atoms with Gasteiger partial charge in [-0.3, -0.25) is 0 Å². The van der Waals surface area contributed by atoms with Crippen molar-refractivity contribution in [2.24, 2.45) is 0 Å². The van der Waals surface area contributed by atoms with Crippen LogP contribution in [0.2, 0.25) is 0 Å². The number of benzene rings is 2. The number of fused-ring (bicyclic) bond motifs is 1. The number of ether oxygens (including phenoxy) is 1. The third-order valence-corrected chi connectivity index (χ3v) is 3.64. The van der Waals surface area contributed by atoms with E-state index in [1.807, 2.05) is 26.0 Å². The van der Waals surface area contributed by atoms with Crippen molar-refractivity contribution in [3.8, 4) is 11.4 Å². The number of hydrogen-bond acceptors (Lipinski definition) is 1. The maximum absolute atomic E-state index is 5.68. The molecule has 0 aliphatic rings. The minimum atomic E-state index is 0.198. The first kappa shape index (κ1) is 13.3. The Bertz CT molecular complexity index is 728. The third-order valence-electron chi connectivity index (χ3n) is 3.14. The second-order valence-corrected chi connectivity index (χ2v) is 5.97. The lowest BCUT2D eigenvalue weighted by Crippen LogP contribution is -2.05. The Labute approximate surface area is 127 Å². The van der Waals surface area contributed by atoms with Crippen LogP contribution >= 0.6 is 15.9 Å². The standard InChI is InChI=1S/C17H16BrNO/c1-12(2)20-16-7-5-15(6-8-16)19-10-9-13-3-4-14(18)11-17(13)19/h3-12H,1-2H3. The molecule has 0 atom stereocenters. The summed E-state index contributed by atoms with van der Waals surface area (Å²) in [5.74, 6) is 0.904. The molecular formula is C17H16BrNO. The molecule has 2 aromatic carbocycles. The van der Waals surface area contributed by atoms with Crippen molar-refractivity contribution in [1.29, 1.82) is 0 Å². The molecule has 0 saturated carbocycles. The molecule has 1 aromatic heterocycles. The Hall–Kier alpha value is -1.74. The summed E-state index contributed by atoms with van der Waals surface area (Å²) in [6.45, 7) is 4.07. The molecule has 0 bridgehead atoms. The van der Waals surface area contributed by atoms with E-state index in [9.17, 15) is 0 Å². The van der Waals surface area contributed by atoms with E-state index in [0.29, 0.717) is 0 Å². The van der Waals surface area contributed by atoms with E-state index in [4.69, 9.17) is 4.74 Å². The summed E-state index contributed by atoms with van der Waals surface area (Å²) in [4.78, 5) is 0. The van der Waals surface area contributed by atoms with Gasteiger partial charge in [0.15, 0.2) is 0 Å². The third kappa shape index (κ3) is 2.59. The molecule has 2 nitrogen and oxygen atoms in total. The van der Waals surface area contributed by atoms with Crippen molar-refractivity contribution in [1.82, 2.24) is 4.57 Å². The summed E-state index contributed by atoms with van der Waals surface area (Å²) in [6, 6.07) is 16.6. The fourth-order valence-electron chi connectivity index (χ4n) is 2.28. The molecule has 0 unspecified atom stereocenters. The van der Waals surface area contributed by atoms with Crippen LogP contribution in [0, 0.1) is 0 Å². The van der Waals surface area contributed by atoms with E-state index in [2.05, 4.69) is 63.1 Å². The lowest BCUT2D eigenvalue weighted by atomic mass is 10.2. The van der Waals surface area contributed by atoms with Crippen LogP contribution in [-0.2, 0) is 0 Å². The summed E-state index contributed by atoms with van der Waals surface area (Å²) >= 11 is 3.53. The number of rotatable bonds is 3. The predicted octanol–water partition coefficient (Wildman–Crippen LogP) is 5.18. The maximum atomic E-state index is 5.68. The van der Waals surface area contributed by atoms with E-state index in [-0.39, 0.29) is 6.10 Å². The molecule has 3 aromatic rings. The van der Waals surface area contributed by atoms with Gasteiger partial charge >= 0.3 is 0 Å². The average Bonchev–Trinajstić information content (AvgIpc) is 2.82. The largest absolute Gasteiger partial charge is 0.491 e. The SMILES string of the molecule is CC(C)Oc1ccc(-n2ccc3ccc(Br)cc32)cc1. The lowest BCUT2D eigenvalue weighted by molar-refractivity contribution is 0.242. The van der Waals surface area contributed by atoms with Crippen LogP contribution in [0.5, 0.6) is 5.75 Å². The normalized spacial score (nSPS) is 11.2. The van der Waals surface area contributed by atoms with Gasteiger partial charge in [-0.2, -0.15) is 0 Å². The van der Waals surface area contributed by atoms with E-state index in [1.54, 1.807) is 0 Å². The quantitative estimate of drug-likeness (QED) is 0.645. The summed E-state index contributed by atoms with van der Waals surface area (Å²) in [5.41, 5.74) is 2.33. The fourth-order valence-corrected chi connectivity index (χ4v) is 2.63. The van der Waals surface area contributed by atoms with Crippen LogP contribution in [0.3, 0.4) is 0 Å². The van der Waals surface area contributed by atoms with Crippen LogP contribution in [-0.4, -0.2) is 10.7 Å². The topological polar surface area (TPSA) is 14.2 Å². The van der Waals surface area contributed by atoms with Gasteiger partial charge in [-0.15, -0.1) is 0 Å². The van der Waals surface area contributed by atoms with Gasteiger partial charge in [-0.25, -0.2) is 0 Å². The molecule has 0 saturated heterocycles. The van der Waals surface area contributed by atoms with E-state index in [0.717, 1.165) is 15.9 Å². The van der Waals surface area contributed by atoms with Crippen molar-refractivity contribution in [3.05, 3.63) is 59.2 Å². The maximum Gasteiger partial charge on any atom is 0.119 e. The number of halogens is 1. The van der Waals surface area contributed by atoms with Gasteiger partial charge in [0.25, 0.3) is 0 Å². The number of hydrogen-bond donors (Lipinski definition) is 0. The van der Waals surface area contributed by atoms with Gasteiger partial charge in [-0.05, 0) is 56.3 Å². The Kier molecular flexibility index (Phi) is 3.53. The number of nitrogens with zero attached hydrogens (tertiary/aromatic N) is 1. The monoisotopic (exact) mass is 329 g/mol. The molecule has 0 fully saturated rings. The van der Waals surface area contributed by atoms with E-state index >= 15 is 0 Å². The van der Waals surface area contributed by atoms with Crippen molar-refractivity contribution in [2.45, 2.75) is 20.0 Å². The van der Waals surface area contributed by atoms with Crippen molar-refractivity contribution in [3.63, 3.8) is 0 Å². The fraction of sp³-hybridized carbons (Fsp3) is 0.176. The first-order valence-corrected chi connectivity index (χ1v) is 7.46. The second-order valence-electron chi connectivity index (χ2n) is 5.05. The molecule has 3 rings (SSSR count). The van der Waals surface area contributed by atoms with Crippen LogP contribution < -0.4 is 4.74 Å². The molecule has 0 radical (unpaired) electrons. The minimum Gasteiger partial charge on any atom is -0.491 e. The molecule has 102 valence electrons. The molecule has 3 heteroatoms. The Morgan fingerprint density at radius 1 is 1.00 bits per heavy atom. The van der Waals surface area contributed by atoms with Crippen LogP contribution in [0.15, 0.2) is 59.2 Å². The van der Waals surface area contributed by atoms with Gasteiger partial charge in [0.1, 0.15) is 5.75 Å². The zero-order valence-corrected chi connectivity index (χ0v) is 13.1. The summed E-state index contributed by atoms with van der Waals surface area (Å²) < 4.78 is 8.94. The Morgan fingerprint density at radius 2 is 1.75 bits per heavy atom. The zero-order chi connectivity index (χ0) is 14.1. The molecule has 0 spiro atoms. The summed E-state index contributed by atoms with van der Waals surface area (Å²) in [6.07, 6.45) is 2.29. The first-order chi connectivity index (χ1) is 9.63. The predicted molar refractivity (Wildman–Crippen MR) is 86.7 cm³/mol. The second kappa shape index (κ2) is 5.33. The molecule has 1 heterocycles. The van der Waals surface area contributed by atoms with Crippen molar-refractivity contribution >= 4 is 26.8 Å². The van der Waals surface area contributed by atoms with E-state index < -0.39 is 0 Å². The Balaban J connectivity index is 2.00. The highest BCUT2D eigenvalue weighted by atomic mass is 79.9. The van der Waals surface area contributed by atoms with E-state index in [1.165, 1.54) is 10.9 Å². The van der Waals surface area contributed by atoms with Crippen molar-refractivity contribution < 1.29 is 4.74 Å². The molecule has 20 heavy (non-hydrogen) atoms. The van der Waals surface area contributed by atoms with Gasteiger partial charge in [0, 0.05) is 21.7 Å². The zero-order valence-electron chi connectivity index (χ0n) is 11.5. The molecule has 0 aliphatic carbocycles. The highest BCUT2D eigenvalue weighted by Gasteiger charge is 2.04. The summed E-state index contributed by atoms with van der Waals surface area (Å²) in [7, 11) is 0. The van der Waals surface area contributed by atoms with Crippen LogP contribution in [0.25, 0.3) is 16.6 Å². The van der Waals surface area contributed by atoms with Gasteiger partial charge in [0.2, 0.25) is 0 Å². The molecular weight excluding hydrogens is 314 g/mol. The lowest BCUT2D eigenvalue weighted by Gasteiger charge is -2.11. The van der Waals surface area contributed by atoms with Crippen LogP contribution in [0.4, 0.5) is 0 Å². The van der Waals surface area contributed by atoms with Crippen molar-refractivity contribution in [2.75, 3.05) is 0 Å². The van der Waals surface area contributed by atoms with Gasteiger partial charge in [0.05, 0.1) is 11.6 Å². The number of aromatic nitrogens is 1. The average molecular weight is 330 g/mol. The van der Waals surface area contributed by atoms with Crippen LogP contribution in [0.1, 0.15) is 13.8 Å².